The van der Waals surface area contributed by atoms with Gasteiger partial charge in [0.1, 0.15) is 24.0 Å². The van der Waals surface area contributed by atoms with Gasteiger partial charge in [-0.1, -0.05) is 18.2 Å². The number of rotatable bonds is 6. The third-order valence-corrected chi connectivity index (χ3v) is 3.05. The lowest BCUT2D eigenvalue weighted by atomic mass is 10.2. The number of carbonyl (C=O) groups is 1. The summed E-state index contributed by atoms with van der Waals surface area (Å²) in [7, 11) is 0. The largest absolute Gasteiger partial charge is 0.490 e. The van der Waals surface area contributed by atoms with E-state index in [2.05, 4.69) is 0 Å². The summed E-state index contributed by atoms with van der Waals surface area (Å²) in [4.78, 5) is 10.9. The van der Waals surface area contributed by atoms with Crippen molar-refractivity contribution in [1.29, 1.82) is 0 Å². The minimum atomic E-state index is -0.991. The zero-order valence-corrected chi connectivity index (χ0v) is 11.8. The molecular weight excluding hydrogens is 270 g/mol. The lowest BCUT2D eigenvalue weighted by molar-refractivity contribution is -0.703. The quantitative estimate of drug-likeness (QED) is 0.789. The van der Waals surface area contributed by atoms with E-state index in [-0.39, 0.29) is 18.7 Å². The van der Waals surface area contributed by atoms with Crippen LogP contribution in [0.15, 0.2) is 48.8 Å². The Morgan fingerprint density at radius 2 is 2.05 bits per heavy atom. The number of benzene rings is 1. The number of aliphatic hydroxyl groups is 1. The van der Waals surface area contributed by atoms with Crippen LogP contribution in [0.2, 0.25) is 0 Å². The summed E-state index contributed by atoms with van der Waals surface area (Å²) < 4.78 is 7.20. The molecule has 0 aliphatic rings. The Morgan fingerprint density at radius 3 is 2.76 bits per heavy atom. The Kier molecular flexibility index (Phi) is 4.90. The fraction of sp³-hybridized carbons (Fsp3) is 0.250. The molecule has 0 amide bonds. The summed E-state index contributed by atoms with van der Waals surface area (Å²) in [6.45, 7) is 2.36. The van der Waals surface area contributed by atoms with Gasteiger partial charge in [-0.25, -0.2) is 9.36 Å². The van der Waals surface area contributed by atoms with E-state index >= 15 is 0 Å². The molecule has 2 aromatic rings. The summed E-state index contributed by atoms with van der Waals surface area (Å²) in [5.74, 6) is -0.254. The molecule has 0 saturated heterocycles. The predicted octanol–water partition coefficient (Wildman–Crippen LogP) is 1.42. The maximum Gasteiger partial charge on any atom is 0.341 e. The van der Waals surface area contributed by atoms with Crippen molar-refractivity contribution in [3.63, 3.8) is 0 Å². The van der Waals surface area contributed by atoms with E-state index in [1.807, 2.05) is 31.2 Å². The monoisotopic (exact) mass is 288 g/mol. The predicted molar refractivity (Wildman–Crippen MR) is 76.3 cm³/mol. The van der Waals surface area contributed by atoms with Crippen molar-refractivity contribution in [1.82, 2.24) is 0 Å². The van der Waals surface area contributed by atoms with Gasteiger partial charge in [0.2, 0.25) is 0 Å². The molecule has 0 radical (unpaired) electrons. The van der Waals surface area contributed by atoms with Crippen LogP contribution in [0.25, 0.3) is 0 Å². The fourth-order valence-corrected chi connectivity index (χ4v) is 1.96. The van der Waals surface area contributed by atoms with Crippen LogP contribution in [0.1, 0.15) is 15.9 Å². The van der Waals surface area contributed by atoms with Crippen molar-refractivity contribution in [3.8, 4) is 5.75 Å². The number of aromatic carboxylic acids is 1. The molecule has 2 N–H and O–H groups in total. The zero-order valence-electron chi connectivity index (χ0n) is 11.8. The van der Waals surface area contributed by atoms with E-state index in [4.69, 9.17) is 9.84 Å². The third kappa shape index (κ3) is 4.29. The van der Waals surface area contributed by atoms with Crippen molar-refractivity contribution in [3.05, 3.63) is 59.9 Å². The van der Waals surface area contributed by atoms with Gasteiger partial charge in [0.05, 0.1) is 0 Å². The van der Waals surface area contributed by atoms with Crippen LogP contribution >= 0.6 is 0 Å². The number of pyridine rings is 1. The number of aryl methyl sites for hydroxylation is 1. The first-order valence-electron chi connectivity index (χ1n) is 6.65. The highest BCUT2D eigenvalue weighted by Gasteiger charge is 2.14. The molecule has 1 atom stereocenters. The van der Waals surface area contributed by atoms with Crippen LogP contribution in [-0.4, -0.2) is 28.9 Å². The molecule has 0 bridgehead atoms. The molecule has 110 valence electrons. The topological polar surface area (TPSA) is 70.6 Å². The van der Waals surface area contributed by atoms with Crippen LogP contribution in [0, 0.1) is 6.92 Å². The molecule has 2 rings (SSSR count). The fourth-order valence-electron chi connectivity index (χ4n) is 1.96. The molecule has 0 spiro atoms. The van der Waals surface area contributed by atoms with Crippen molar-refractivity contribution in [2.75, 3.05) is 6.61 Å². The summed E-state index contributed by atoms with van der Waals surface area (Å²) in [6.07, 6.45) is 2.47. The number of carboxylic acids is 1. The minimum absolute atomic E-state index is 0.148. The molecule has 0 fully saturated rings. The van der Waals surface area contributed by atoms with E-state index < -0.39 is 12.1 Å². The smallest absolute Gasteiger partial charge is 0.341 e. The number of hydrogen-bond acceptors (Lipinski definition) is 3. The van der Waals surface area contributed by atoms with Crippen LogP contribution in [0.4, 0.5) is 0 Å². The molecule has 1 unspecified atom stereocenters. The second kappa shape index (κ2) is 6.85. The summed E-state index contributed by atoms with van der Waals surface area (Å²) in [5, 5.41) is 18.9. The SMILES string of the molecule is Cc1ccccc1OCC(O)C[n+]1cccc(C(=O)O)c1. The molecular formula is C16H18NO4+. The van der Waals surface area contributed by atoms with Gasteiger partial charge in [-0.15, -0.1) is 0 Å². The molecule has 0 aliphatic heterocycles. The lowest BCUT2D eigenvalue weighted by Gasteiger charge is -2.11. The standard InChI is InChI=1S/C16H17NO4/c1-12-5-2-3-7-15(12)21-11-14(18)10-17-8-4-6-13(9-17)16(19)20/h2-9,14,18H,10-11H2,1H3/p+1. The van der Waals surface area contributed by atoms with Gasteiger partial charge in [-0.05, 0) is 24.6 Å². The molecule has 5 nitrogen and oxygen atoms in total. The first-order chi connectivity index (χ1) is 10.1. The van der Waals surface area contributed by atoms with E-state index in [0.717, 1.165) is 11.3 Å². The molecule has 1 aromatic carbocycles. The maximum absolute atomic E-state index is 10.9. The Hall–Kier alpha value is -2.40. The van der Waals surface area contributed by atoms with Crippen molar-refractivity contribution < 1.29 is 24.3 Å². The number of carboxylic acid groups (broad SMARTS) is 1. The van der Waals surface area contributed by atoms with Crippen molar-refractivity contribution >= 4 is 5.97 Å². The van der Waals surface area contributed by atoms with Crippen LogP contribution in [0.3, 0.4) is 0 Å². The van der Waals surface area contributed by atoms with Crippen molar-refractivity contribution in [2.24, 2.45) is 0 Å². The number of aliphatic hydroxyl groups excluding tert-OH is 1. The second-order valence-electron chi connectivity index (χ2n) is 4.82. The van der Waals surface area contributed by atoms with Crippen LogP contribution < -0.4 is 9.30 Å². The second-order valence-corrected chi connectivity index (χ2v) is 4.82. The van der Waals surface area contributed by atoms with Gasteiger partial charge >= 0.3 is 5.97 Å². The molecule has 0 saturated carbocycles. The zero-order chi connectivity index (χ0) is 15.2. The average molecular weight is 288 g/mol. The lowest BCUT2D eigenvalue weighted by Crippen LogP contribution is -2.42. The van der Waals surface area contributed by atoms with Crippen molar-refractivity contribution in [2.45, 2.75) is 19.6 Å². The number of para-hydroxylation sites is 1. The first kappa shape index (κ1) is 15.0. The van der Waals surface area contributed by atoms with Gasteiger partial charge < -0.3 is 14.9 Å². The summed E-state index contributed by atoms with van der Waals surface area (Å²) in [6, 6.07) is 10.7. The van der Waals surface area contributed by atoms with Gasteiger partial charge in [0.15, 0.2) is 18.9 Å². The first-order valence-corrected chi connectivity index (χ1v) is 6.65. The Balaban J connectivity index is 1.93. The highest BCUT2D eigenvalue weighted by Crippen LogP contribution is 2.16. The number of nitrogens with zero attached hydrogens (tertiary/aromatic N) is 1. The third-order valence-electron chi connectivity index (χ3n) is 3.05. The van der Waals surface area contributed by atoms with Crippen LogP contribution in [0.5, 0.6) is 5.75 Å². The number of hydrogen-bond donors (Lipinski definition) is 2. The average Bonchev–Trinajstić information content (AvgIpc) is 2.46. The van der Waals surface area contributed by atoms with E-state index in [0.29, 0.717) is 0 Å². The van der Waals surface area contributed by atoms with E-state index in [1.165, 1.54) is 12.3 Å². The maximum atomic E-state index is 10.9. The number of ether oxygens (including phenoxy) is 1. The summed E-state index contributed by atoms with van der Waals surface area (Å²) in [5.41, 5.74) is 1.19. The highest BCUT2D eigenvalue weighted by molar-refractivity contribution is 5.86. The van der Waals surface area contributed by atoms with Crippen LogP contribution in [-0.2, 0) is 6.54 Å². The molecule has 5 heteroatoms. The van der Waals surface area contributed by atoms with Gasteiger partial charge in [-0.3, -0.25) is 0 Å². The Bertz CT molecular complexity index is 627. The Morgan fingerprint density at radius 1 is 1.29 bits per heavy atom. The van der Waals surface area contributed by atoms with Gasteiger partial charge in [0, 0.05) is 6.07 Å². The van der Waals surface area contributed by atoms with E-state index in [1.54, 1.807) is 16.8 Å². The molecule has 21 heavy (non-hydrogen) atoms. The normalized spacial score (nSPS) is 11.9. The highest BCUT2D eigenvalue weighted by atomic mass is 16.5. The molecule has 1 aromatic heterocycles. The minimum Gasteiger partial charge on any atom is -0.490 e. The van der Waals surface area contributed by atoms with Gasteiger partial charge in [0.25, 0.3) is 0 Å². The molecule has 0 aliphatic carbocycles. The molecule has 1 heterocycles. The van der Waals surface area contributed by atoms with E-state index in [9.17, 15) is 9.90 Å². The Labute approximate surface area is 123 Å². The summed E-state index contributed by atoms with van der Waals surface area (Å²) >= 11 is 0. The number of aromatic nitrogens is 1. The van der Waals surface area contributed by atoms with Gasteiger partial charge in [-0.2, -0.15) is 0 Å².